The van der Waals surface area contributed by atoms with Crippen LogP contribution < -0.4 is 10.2 Å². The number of benzene rings is 1. The lowest BCUT2D eigenvalue weighted by molar-refractivity contribution is -0.119. The summed E-state index contributed by atoms with van der Waals surface area (Å²) < 4.78 is 24.7. The summed E-state index contributed by atoms with van der Waals surface area (Å²) >= 11 is 0. The van der Waals surface area contributed by atoms with Crippen molar-refractivity contribution in [3.63, 3.8) is 0 Å². The van der Waals surface area contributed by atoms with E-state index in [0.717, 1.165) is 11.3 Å². The highest BCUT2D eigenvalue weighted by Crippen LogP contribution is 2.33. The standard InChI is InChI=1S/C14H21N3O3S/c1-16(2)21(19,20)9-8-15-12-10-14(18)17(3)13-7-5-4-6-11(12)13/h4-7,12,15H,8-10H2,1-3H3. The number of amides is 1. The van der Waals surface area contributed by atoms with E-state index in [9.17, 15) is 13.2 Å². The molecule has 116 valence electrons. The second-order valence-corrected chi connectivity index (χ2v) is 7.62. The van der Waals surface area contributed by atoms with Crippen LogP contribution in [0.5, 0.6) is 0 Å². The van der Waals surface area contributed by atoms with Crippen molar-refractivity contribution < 1.29 is 13.2 Å². The van der Waals surface area contributed by atoms with E-state index in [1.807, 2.05) is 24.3 Å². The van der Waals surface area contributed by atoms with E-state index in [-0.39, 0.29) is 17.7 Å². The maximum Gasteiger partial charge on any atom is 0.228 e. The summed E-state index contributed by atoms with van der Waals surface area (Å²) in [4.78, 5) is 13.6. The number of carbonyl (C=O) groups is 1. The van der Waals surface area contributed by atoms with Gasteiger partial charge in [0.2, 0.25) is 15.9 Å². The van der Waals surface area contributed by atoms with Crippen molar-refractivity contribution in [3.8, 4) is 0 Å². The lowest BCUT2D eigenvalue weighted by Gasteiger charge is -2.32. The molecule has 0 spiro atoms. The van der Waals surface area contributed by atoms with Gasteiger partial charge in [-0.25, -0.2) is 12.7 Å². The van der Waals surface area contributed by atoms with E-state index in [1.54, 1.807) is 11.9 Å². The van der Waals surface area contributed by atoms with Gasteiger partial charge in [-0.2, -0.15) is 0 Å². The van der Waals surface area contributed by atoms with Crippen molar-refractivity contribution in [1.82, 2.24) is 9.62 Å². The minimum absolute atomic E-state index is 0.0166. The Morgan fingerprint density at radius 1 is 1.33 bits per heavy atom. The third-order valence-electron chi connectivity index (χ3n) is 3.73. The summed E-state index contributed by atoms with van der Waals surface area (Å²) in [5, 5.41) is 3.19. The normalized spacial score (nSPS) is 19.0. The number of rotatable bonds is 5. The predicted molar refractivity (Wildman–Crippen MR) is 82.7 cm³/mol. The number of anilines is 1. The molecule has 6 nitrogen and oxygen atoms in total. The monoisotopic (exact) mass is 311 g/mol. The van der Waals surface area contributed by atoms with Crippen LogP contribution in [0.15, 0.2) is 24.3 Å². The van der Waals surface area contributed by atoms with Crippen LogP contribution in [0, 0.1) is 0 Å². The van der Waals surface area contributed by atoms with Gasteiger partial charge in [0, 0.05) is 45.8 Å². The summed E-state index contributed by atoms with van der Waals surface area (Å²) in [5.74, 6) is 0.0459. The third-order valence-corrected chi connectivity index (χ3v) is 5.57. The molecule has 1 heterocycles. The lowest BCUT2D eigenvalue weighted by Crippen LogP contribution is -2.39. The number of hydrogen-bond donors (Lipinski definition) is 1. The van der Waals surface area contributed by atoms with E-state index in [4.69, 9.17) is 0 Å². The molecular weight excluding hydrogens is 290 g/mol. The van der Waals surface area contributed by atoms with E-state index in [1.165, 1.54) is 18.4 Å². The molecule has 21 heavy (non-hydrogen) atoms. The molecule has 0 saturated heterocycles. The van der Waals surface area contributed by atoms with Crippen molar-refractivity contribution >= 4 is 21.6 Å². The number of fused-ring (bicyclic) bond motifs is 1. The van der Waals surface area contributed by atoms with Crippen LogP contribution in [0.3, 0.4) is 0 Å². The second kappa shape index (κ2) is 6.13. The van der Waals surface area contributed by atoms with Crippen LogP contribution in [-0.4, -0.2) is 52.1 Å². The SMILES string of the molecule is CN1C(=O)CC(NCCS(=O)(=O)N(C)C)c2ccccc21. The van der Waals surface area contributed by atoms with Gasteiger partial charge in [0.05, 0.1) is 5.75 Å². The summed E-state index contributed by atoms with van der Waals surface area (Å²) in [5.41, 5.74) is 1.91. The van der Waals surface area contributed by atoms with Crippen LogP contribution in [0.2, 0.25) is 0 Å². The first kappa shape index (κ1) is 15.9. The molecule has 1 aliphatic rings. The second-order valence-electron chi connectivity index (χ2n) is 5.32. The molecule has 2 rings (SSSR count). The Labute approximate surface area is 125 Å². The topological polar surface area (TPSA) is 69.7 Å². The van der Waals surface area contributed by atoms with Crippen LogP contribution >= 0.6 is 0 Å². The van der Waals surface area contributed by atoms with Gasteiger partial charge in [-0.15, -0.1) is 0 Å². The maximum absolute atomic E-state index is 12.0. The molecule has 1 atom stereocenters. The Morgan fingerprint density at radius 2 is 2.00 bits per heavy atom. The first-order chi connectivity index (χ1) is 9.83. The molecule has 0 radical (unpaired) electrons. The molecule has 1 aromatic rings. The van der Waals surface area contributed by atoms with E-state index < -0.39 is 10.0 Å². The molecule has 7 heteroatoms. The van der Waals surface area contributed by atoms with Gasteiger partial charge >= 0.3 is 0 Å². The molecule has 0 saturated carbocycles. The number of carbonyl (C=O) groups excluding carboxylic acids is 1. The van der Waals surface area contributed by atoms with Crippen LogP contribution in [0.4, 0.5) is 5.69 Å². The average molecular weight is 311 g/mol. The fourth-order valence-electron chi connectivity index (χ4n) is 2.37. The molecule has 0 aliphatic carbocycles. The molecule has 1 N–H and O–H groups in total. The zero-order chi connectivity index (χ0) is 15.6. The van der Waals surface area contributed by atoms with Gasteiger partial charge in [-0.3, -0.25) is 4.79 Å². The van der Waals surface area contributed by atoms with Gasteiger partial charge in [-0.1, -0.05) is 18.2 Å². The van der Waals surface area contributed by atoms with Crippen LogP contribution in [0.1, 0.15) is 18.0 Å². The fourth-order valence-corrected chi connectivity index (χ4v) is 3.11. The largest absolute Gasteiger partial charge is 0.315 e. The smallest absolute Gasteiger partial charge is 0.228 e. The van der Waals surface area contributed by atoms with Crippen LogP contribution in [-0.2, 0) is 14.8 Å². The van der Waals surface area contributed by atoms with Gasteiger partial charge in [-0.05, 0) is 11.6 Å². The minimum atomic E-state index is -3.23. The summed E-state index contributed by atoms with van der Waals surface area (Å²) in [7, 11) is 1.57. The number of hydrogen-bond acceptors (Lipinski definition) is 4. The van der Waals surface area contributed by atoms with Crippen molar-refractivity contribution in [2.75, 3.05) is 38.3 Å². The molecule has 0 bridgehead atoms. The molecule has 0 fully saturated rings. The number of nitrogens with one attached hydrogen (secondary N) is 1. The molecule has 1 aliphatic heterocycles. The molecular formula is C14H21N3O3S. The van der Waals surface area contributed by atoms with Crippen molar-refractivity contribution in [2.24, 2.45) is 0 Å². The molecule has 1 unspecified atom stereocenters. The van der Waals surface area contributed by atoms with Gasteiger partial charge in [0.1, 0.15) is 0 Å². The summed E-state index contributed by atoms with van der Waals surface area (Å²) in [6.07, 6.45) is 0.343. The fraction of sp³-hybridized carbons (Fsp3) is 0.500. The van der Waals surface area contributed by atoms with Gasteiger partial charge in [0.25, 0.3) is 0 Å². The Kier molecular flexibility index (Phi) is 4.65. The van der Waals surface area contributed by atoms with Gasteiger partial charge in [0.15, 0.2) is 0 Å². The predicted octanol–water partition coefficient (Wildman–Crippen LogP) is 0.575. The Morgan fingerprint density at radius 3 is 2.67 bits per heavy atom. The van der Waals surface area contributed by atoms with Crippen LogP contribution in [0.25, 0.3) is 0 Å². The first-order valence-electron chi connectivity index (χ1n) is 6.82. The zero-order valence-electron chi connectivity index (χ0n) is 12.5. The van der Waals surface area contributed by atoms with E-state index in [2.05, 4.69) is 5.32 Å². The Bertz CT molecular complexity index is 628. The lowest BCUT2D eigenvalue weighted by atomic mass is 9.96. The third kappa shape index (κ3) is 3.42. The van der Waals surface area contributed by atoms with E-state index >= 15 is 0 Å². The summed E-state index contributed by atoms with van der Waals surface area (Å²) in [6, 6.07) is 7.55. The van der Waals surface area contributed by atoms with Crippen molar-refractivity contribution in [3.05, 3.63) is 29.8 Å². The number of nitrogens with zero attached hydrogens (tertiary/aromatic N) is 2. The highest BCUT2D eigenvalue weighted by Gasteiger charge is 2.28. The highest BCUT2D eigenvalue weighted by atomic mass is 32.2. The van der Waals surface area contributed by atoms with Crippen molar-refractivity contribution in [1.29, 1.82) is 0 Å². The minimum Gasteiger partial charge on any atom is -0.315 e. The highest BCUT2D eigenvalue weighted by molar-refractivity contribution is 7.89. The molecule has 0 aromatic heterocycles. The van der Waals surface area contributed by atoms with Gasteiger partial charge < -0.3 is 10.2 Å². The quantitative estimate of drug-likeness (QED) is 0.863. The Hall–Kier alpha value is -1.44. The molecule has 1 aromatic carbocycles. The number of para-hydroxylation sites is 1. The maximum atomic E-state index is 12.0. The Balaban J connectivity index is 2.08. The first-order valence-corrected chi connectivity index (χ1v) is 8.43. The van der Waals surface area contributed by atoms with Crippen molar-refractivity contribution in [2.45, 2.75) is 12.5 Å². The molecule has 1 amide bonds. The number of sulfonamides is 1. The average Bonchev–Trinajstić information content (AvgIpc) is 2.44. The zero-order valence-corrected chi connectivity index (χ0v) is 13.4. The van der Waals surface area contributed by atoms with E-state index in [0.29, 0.717) is 13.0 Å². The summed E-state index contributed by atoms with van der Waals surface area (Å²) in [6.45, 7) is 0.316.